The zero-order chi connectivity index (χ0) is 18.6. The third-order valence-electron chi connectivity index (χ3n) is 3.79. The van der Waals surface area contributed by atoms with Gasteiger partial charge in [0.2, 0.25) is 5.91 Å². The van der Waals surface area contributed by atoms with Crippen molar-refractivity contribution in [3.8, 4) is 0 Å². The molecule has 2 rings (SSSR count). The van der Waals surface area contributed by atoms with Crippen LogP contribution in [0.5, 0.6) is 0 Å². The minimum Gasteiger partial charge on any atom is -0.467 e. The minimum atomic E-state index is -1.38. The second-order valence-corrected chi connectivity index (χ2v) is 5.53. The molecular weight excluding hydrogens is 328 g/mol. The molecule has 1 aromatic carbocycles. The Morgan fingerprint density at radius 2 is 1.68 bits per heavy atom. The Bertz CT molecular complexity index is 707. The molecule has 1 atom stereocenters. The number of fused-ring (bicyclic) bond motifs is 1. The van der Waals surface area contributed by atoms with Gasteiger partial charge in [-0.05, 0) is 18.6 Å². The van der Waals surface area contributed by atoms with Crippen molar-refractivity contribution in [2.75, 3.05) is 13.7 Å². The summed E-state index contributed by atoms with van der Waals surface area (Å²) in [6.45, 7) is 1.23. The van der Waals surface area contributed by atoms with E-state index < -0.39 is 35.5 Å². The third kappa shape index (κ3) is 3.90. The lowest BCUT2D eigenvalue weighted by atomic mass is 10.1. The molecule has 0 unspecified atom stereocenters. The zero-order valence-corrected chi connectivity index (χ0v) is 13.9. The van der Waals surface area contributed by atoms with E-state index in [0.717, 1.165) is 12.0 Å². The van der Waals surface area contributed by atoms with Crippen LogP contribution in [0.2, 0.25) is 0 Å². The number of nitrogens with one attached hydrogen (secondary N) is 1. The highest BCUT2D eigenvalue weighted by molar-refractivity contribution is 6.21. The van der Waals surface area contributed by atoms with Gasteiger partial charge < -0.3 is 10.1 Å². The summed E-state index contributed by atoms with van der Waals surface area (Å²) in [5.41, 5.74) is 0.675. The second-order valence-electron chi connectivity index (χ2n) is 5.53. The van der Waals surface area contributed by atoms with Gasteiger partial charge >= 0.3 is 5.97 Å². The first-order chi connectivity index (χ1) is 11.9. The van der Waals surface area contributed by atoms with Crippen molar-refractivity contribution in [3.05, 3.63) is 35.4 Å². The van der Waals surface area contributed by atoms with Crippen molar-refractivity contribution >= 4 is 29.5 Å². The van der Waals surface area contributed by atoms with E-state index in [9.17, 15) is 24.0 Å². The highest BCUT2D eigenvalue weighted by Gasteiger charge is 2.35. The summed E-state index contributed by atoms with van der Waals surface area (Å²) < 4.78 is 4.50. The van der Waals surface area contributed by atoms with Crippen LogP contribution >= 0.6 is 0 Å². The van der Waals surface area contributed by atoms with Crippen molar-refractivity contribution in [2.24, 2.45) is 0 Å². The standard InChI is InChI=1S/C17H18N2O6/c1-10(20)18-14(17(24)25-2)13(21)8-5-9-19-15(22)11-6-3-4-7-12(11)16(19)23/h3-4,6-7,14H,5,8-9H2,1-2H3,(H,18,20)/t14-/m0/s1. The van der Waals surface area contributed by atoms with Gasteiger partial charge in [0.1, 0.15) is 0 Å². The van der Waals surface area contributed by atoms with Gasteiger partial charge in [-0.2, -0.15) is 0 Å². The summed E-state index contributed by atoms with van der Waals surface area (Å²) in [6, 6.07) is 5.11. The van der Waals surface area contributed by atoms with Crippen LogP contribution in [0.15, 0.2) is 24.3 Å². The molecule has 0 aliphatic carbocycles. The number of amides is 3. The number of esters is 1. The number of hydrogen-bond acceptors (Lipinski definition) is 6. The number of ether oxygens (including phenoxy) is 1. The SMILES string of the molecule is COC(=O)[C@@H](NC(C)=O)C(=O)CCCN1C(=O)c2ccccc2C1=O. The normalized spacial score (nSPS) is 14.1. The maximum absolute atomic E-state index is 12.2. The molecule has 1 heterocycles. The maximum atomic E-state index is 12.2. The monoisotopic (exact) mass is 346 g/mol. The van der Waals surface area contributed by atoms with Crippen LogP contribution < -0.4 is 5.32 Å². The third-order valence-corrected chi connectivity index (χ3v) is 3.79. The van der Waals surface area contributed by atoms with Gasteiger partial charge in [-0.1, -0.05) is 12.1 Å². The number of hydrogen-bond donors (Lipinski definition) is 1. The van der Waals surface area contributed by atoms with Gasteiger partial charge in [-0.15, -0.1) is 0 Å². The van der Waals surface area contributed by atoms with Gasteiger partial charge in [-0.25, -0.2) is 4.79 Å². The molecule has 0 fully saturated rings. The molecule has 0 saturated carbocycles. The summed E-state index contributed by atoms with van der Waals surface area (Å²) in [5, 5.41) is 2.23. The highest BCUT2D eigenvalue weighted by atomic mass is 16.5. The molecule has 1 aliphatic heterocycles. The number of rotatable bonds is 7. The van der Waals surface area contributed by atoms with E-state index in [-0.39, 0.29) is 19.4 Å². The van der Waals surface area contributed by atoms with Crippen LogP contribution in [0.3, 0.4) is 0 Å². The molecule has 0 bridgehead atoms. The topological polar surface area (TPSA) is 110 Å². The summed E-state index contributed by atoms with van der Waals surface area (Å²) in [4.78, 5) is 60.3. The van der Waals surface area contributed by atoms with Gasteiger partial charge in [0.05, 0.1) is 18.2 Å². The molecule has 25 heavy (non-hydrogen) atoms. The predicted molar refractivity (Wildman–Crippen MR) is 85.7 cm³/mol. The number of benzene rings is 1. The molecule has 0 spiro atoms. The molecule has 0 aromatic heterocycles. The van der Waals surface area contributed by atoms with Crippen molar-refractivity contribution in [3.63, 3.8) is 0 Å². The Hall–Kier alpha value is -3.03. The molecule has 3 amide bonds. The predicted octanol–water partition coefficient (Wildman–Crippen LogP) is 0.310. The maximum Gasteiger partial charge on any atom is 0.336 e. The van der Waals surface area contributed by atoms with Crippen LogP contribution in [0.4, 0.5) is 0 Å². The number of imide groups is 1. The molecule has 1 aromatic rings. The van der Waals surface area contributed by atoms with Gasteiger partial charge in [-0.3, -0.25) is 24.1 Å². The van der Waals surface area contributed by atoms with E-state index in [2.05, 4.69) is 10.1 Å². The van der Waals surface area contributed by atoms with Crippen LogP contribution in [-0.2, 0) is 19.1 Å². The molecule has 1 aliphatic rings. The number of nitrogens with zero attached hydrogens (tertiary/aromatic N) is 1. The Labute approximate surface area is 144 Å². The fraction of sp³-hybridized carbons (Fsp3) is 0.353. The number of Topliss-reactive ketones (excluding diaryl/α,β-unsaturated/α-hetero) is 1. The highest BCUT2D eigenvalue weighted by Crippen LogP contribution is 2.22. The number of carbonyl (C=O) groups is 5. The Kier molecular flexibility index (Phi) is 5.63. The Morgan fingerprint density at radius 3 is 2.16 bits per heavy atom. The fourth-order valence-corrected chi connectivity index (χ4v) is 2.59. The first-order valence-electron chi connectivity index (χ1n) is 7.69. The van der Waals surface area contributed by atoms with E-state index in [1.807, 2.05) is 0 Å². The van der Waals surface area contributed by atoms with Crippen molar-refractivity contribution < 1.29 is 28.7 Å². The van der Waals surface area contributed by atoms with Crippen LogP contribution in [0.1, 0.15) is 40.5 Å². The molecule has 8 nitrogen and oxygen atoms in total. The first-order valence-corrected chi connectivity index (χ1v) is 7.69. The Balaban J connectivity index is 1.95. The summed E-state index contributed by atoms with van der Waals surface area (Å²) in [5.74, 6) is -2.75. The lowest BCUT2D eigenvalue weighted by Crippen LogP contribution is -2.46. The summed E-state index contributed by atoms with van der Waals surface area (Å²) in [7, 11) is 1.11. The average Bonchev–Trinajstić information content (AvgIpc) is 2.84. The number of methoxy groups -OCH3 is 1. The average molecular weight is 346 g/mol. The molecule has 0 radical (unpaired) electrons. The van der Waals surface area contributed by atoms with Crippen LogP contribution in [0, 0.1) is 0 Å². The van der Waals surface area contributed by atoms with E-state index in [1.54, 1.807) is 24.3 Å². The lowest BCUT2D eigenvalue weighted by molar-refractivity contribution is -0.148. The molecule has 8 heteroatoms. The van der Waals surface area contributed by atoms with E-state index in [0.29, 0.717) is 11.1 Å². The van der Waals surface area contributed by atoms with Crippen molar-refractivity contribution in [1.82, 2.24) is 10.2 Å². The van der Waals surface area contributed by atoms with Gasteiger partial charge in [0.25, 0.3) is 11.8 Å². The second kappa shape index (κ2) is 7.69. The van der Waals surface area contributed by atoms with E-state index >= 15 is 0 Å². The van der Waals surface area contributed by atoms with Crippen molar-refractivity contribution in [1.29, 1.82) is 0 Å². The van der Waals surface area contributed by atoms with Crippen LogP contribution in [-0.4, -0.2) is 54.1 Å². The summed E-state index contributed by atoms with van der Waals surface area (Å²) >= 11 is 0. The minimum absolute atomic E-state index is 0.0477. The molecule has 132 valence electrons. The molecular formula is C17H18N2O6. The van der Waals surface area contributed by atoms with E-state index in [1.165, 1.54) is 6.92 Å². The fourth-order valence-electron chi connectivity index (χ4n) is 2.59. The smallest absolute Gasteiger partial charge is 0.336 e. The lowest BCUT2D eigenvalue weighted by Gasteiger charge is -2.16. The molecule has 1 N–H and O–H groups in total. The number of ketones is 1. The van der Waals surface area contributed by atoms with Crippen LogP contribution in [0.25, 0.3) is 0 Å². The quantitative estimate of drug-likeness (QED) is 0.432. The first kappa shape index (κ1) is 18.3. The summed E-state index contributed by atoms with van der Waals surface area (Å²) in [6.07, 6.45) is 0.0881. The zero-order valence-electron chi connectivity index (χ0n) is 13.9. The number of carbonyl (C=O) groups excluding carboxylic acids is 5. The largest absolute Gasteiger partial charge is 0.467 e. The van der Waals surface area contributed by atoms with Gasteiger partial charge in [0, 0.05) is 19.9 Å². The van der Waals surface area contributed by atoms with E-state index in [4.69, 9.17) is 0 Å². The molecule has 0 saturated heterocycles. The Morgan fingerprint density at radius 1 is 1.12 bits per heavy atom. The van der Waals surface area contributed by atoms with Crippen molar-refractivity contribution in [2.45, 2.75) is 25.8 Å². The van der Waals surface area contributed by atoms with Gasteiger partial charge in [0.15, 0.2) is 11.8 Å².